The predicted octanol–water partition coefficient (Wildman–Crippen LogP) is 4.63. The summed E-state index contributed by atoms with van der Waals surface area (Å²) in [6, 6.07) is 19.7. The number of hydrazone groups is 1. The van der Waals surface area contributed by atoms with Crippen molar-refractivity contribution in [3.63, 3.8) is 0 Å². The van der Waals surface area contributed by atoms with E-state index in [2.05, 4.69) is 5.10 Å². The molecule has 1 amide bonds. The number of fused-ring (bicyclic) bond motifs is 1. The van der Waals surface area contributed by atoms with Gasteiger partial charge in [-0.05, 0) is 47.3 Å². The summed E-state index contributed by atoms with van der Waals surface area (Å²) in [6.07, 6.45) is 3.73. The summed E-state index contributed by atoms with van der Waals surface area (Å²) >= 11 is 6.00. The van der Waals surface area contributed by atoms with Crippen molar-refractivity contribution in [3.8, 4) is 0 Å². The van der Waals surface area contributed by atoms with Crippen molar-refractivity contribution < 1.29 is 9.21 Å². The molecule has 2 aromatic carbocycles. The molecule has 0 fully saturated rings. The largest absolute Gasteiger partial charge is 0.467 e. The molecule has 0 spiro atoms. The minimum absolute atomic E-state index is 0.113. The Hall–Kier alpha value is -3.64. The topological polar surface area (TPSA) is 67.8 Å². The molecule has 3 heterocycles. The van der Waals surface area contributed by atoms with Crippen LogP contribution in [0.4, 0.5) is 0 Å². The van der Waals surface area contributed by atoms with E-state index in [4.69, 9.17) is 16.0 Å². The van der Waals surface area contributed by atoms with Gasteiger partial charge in [0.25, 0.3) is 11.5 Å². The van der Waals surface area contributed by atoms with Crippen molar-refractivity contribution in [1.29, 1.82) is 0 Å². The van der Waals surface area contributed by atoms with Gasteiger partial charge in [0, 0.05) is 23.0 Å². The number of carbonyl (C=O) groups is 1. The van der Waals surface area contributed by atoms with Crippen LogP contribution in [-0.4, -0.2) is 21.2 Å². The van der Waals surface area contributed by atoms with Crippen LogP contribution in [0.25, 0.3) is 10.8 Å². The lowest BCUT2D eigenvalue weighted by Crippen LogP contribution is -2.33. The molecule has 0 saturated carbocycles. The van der Waals surface area contributed by atoms with Gasteiger partial charge in [0.2, 0.25) is 0 Å². The number of hydrogen-bond donors (Lipinski definition) is 0. The Bertz CT molecular complexity index is 1340. The van der Waals surface area contributed by atoms with Gasteiger partial charge in [-0.15, -0.1) is 0 Å². The molecular weight excluding hydrogens is 414 g/mol. The third-order valence-corrected chi connectivity index (χ3v) is 5.66. The number of halogens is 1. The summed E-state index contributed by atoms with van der Waals surface area (Å²) in [5, 5.41) is 8.07. The molecule has 4 aromatic rings. The van der Waals surface area contributed by atoms with E-state index in [1.54, 1.807) is 36.7 Å². The van der Waals surface area contributed by atoms with Crippen molar-refractivity contribution in [2.45, 2.75) is 19.0 Å². The number of aromatic nitrogens is 1. The smallest absolute Gasteiger partial charge is 0.263 e. The fourth-order valence-electron chi connectivity index (χ4n) is 3.83. The molecule has 31 heavy (non-hydrogen) atoms. The Morgan fingerprint density at radius 2 is 1.87 bits per heavy atom. The molecule has 0 saturated heterocycles. The van der Waals surface area contributed by atoms with Crippen LogP contribution in [0.2, 0.25) is 5.02 Å². The molecule has 0 N–H and O–H groups in total. The summed E-state index contributed by atoms with van der Waals surface area (Å²) in [5.74, 6) is 0.356. The highest BCUT2D eigenvalue weighted by atomic mass is 35.5. The maximum atomic E-state index is 13.2. The summed E-state index contributed by atoms with van der Waals surface area (Å²) < 4.78 is 6.99. The SMILES string of the molecule is O=C(Cn1ccc2ccccc2c1=O)N1N=C(c2ccc(Cl)cc2)C[C@H]1c1ccco1. The molecule has 154 valence electrons. The first-order valence-electron chi connectivity index (χ1n) is 9.87. The maximum absolute atomic E-state index is 13.2. The number of hydrogen-bond acceptors (Lipinski definition) is 4. The lowest BCUT2D eigenvalue weighted by molar-refractivity contribution is -0.134. The van der Waals surface area contributed by atoms with E-state index in [-0.39, 0.29) is 24.1 Å². The van der Waals surface area contributed by atoms with Gasteiger partial charge in [-0.1, -0.05) is 41.9 Å². The van der Waals surface area contributed by atoms with Crippen LogP contribution in [0.1, 0.15) is 23.8 Å². The quantitative estimate of drug-likeness (QED) is 0.473. The lowest BCUT2D eigenvalue weighted by atomic mass is 10.0. The standard InChI is InChI=1S/C24H18ClN3O3/c25-18-9-7-17(8-10-18)20-14-21(22-6-3-13-31-22)28(26-20)23(29)15-27-12-11-16-4-1-2-5-19(16)24(27)30/h1-13,21H,14-15H2/t21-/m0/s1. The zero-order valence-electron chi connectivity index (χ0n) is 16.4. The highest BCUT2D eigenvalue weighted by Gasteiger charge is 2.35. The van der Waals surface area contributed by atoms with E-state index >= 15 is 0 Å². The molecule has 5 rings (SSSR count). The number of rotatable bonds is 4. The van der Waals surface area contributed by atoms with Crippen LogP contribution in [0, 0.1) is 0 Å². The highest BCUT2D eigenvalue weighted by molar-refractivity contribution is 6.30. The second kappa shape index (κ2) is 7.89. The molecule has 0 unspecified atom stereocenters. The molecule has 0 bridgehead atoms. The average Bonchev–Trinajstić information content (AvgIpc) is 3.46. The molecule has 6 nitrogen and oxygen atoms in total. The Balaban J connectivity index is 1.48. The van der Waals surface area contributed by atoms with Crippen molar-refractivity contribution in [1.82, 2.24) is 9.58 Å². The van der Waals surface area contributed by atoms with E-state index in [0.717, 1.165) is 16.7 Å². The van der Waals surface area contributed by atoms with Gasteiger partial charge in [0.15, 0.2) is 0 Å². The number of carbonyl (C=O) groups excluding carboxylic acids is 1. The Kier molecular flexibility index (Phi) is 4.92. The Morgan fingerprint density at radius 3 is 2.65 bits per heavy atom. The van der Waals surface area contributed by atoms with E-state index in [0.29, 0.717) is 22.6 Å². The second-order valence-electron chi connectivity index (χ2n) is 7.36. The van der Waals surface area contributed by atoms with E-state index < -0.39 is 0 Å². The Morgan fingerprint density at radius 1 is 1.06 bits per heavy atom. The van der Waals surface area contributed by atoms with Crippen LogP contribution in [0.15, 0.2) is 93.5 Å². The summed E-state index contributed by atoms with van der Waals surface area (Å²) in [5.41, 5.74) is 1.44. The summed E-state index contributed by atoms with van der Waals surface area (Å²) in [7, 11) is 0. The minimum Gasteiger partial charge on any atom is -0.467 e. The zero-order valence-corrected chi connectivity index (χ0v) is 17.2. The van der Waals surface area contributed by atoms with Gasteiger partial charge in [-0.25, -0.2) is 5.01 Å². The van der Waals surface area contributed by atoms with Crippen LogP contribution in [-0.2, 0) is 11.3 Å². The fraction of sp³-hybridized carbons (Fsp3) is 0.125. The number of benzene rings is 2. The van der Waals surface area contributed by atoms with Crippen LogP contribution < -0.4 is 5.56 Å². The van der Waals surface area contributed by atoms with Crippen LogP contribution in [0.3, 0.4) is 0 Å². The van der Waals surface area contributed by atoms with Gasteiger partial charge in [0.1, 0.15) is 18.3 Å². The molecule has 0 aliphatic carbocycles. The third kappa shape index (κ3) is 3.66. The molecule has 1 aliphatic heterocycles. The summed E-state index contributed by atoms with van der Waals surface area (Å²) in [6.45, 7) is -0.113. The van der Waals surface area contributed by atoms with Crippen LogP contribution >= 0.6 is 11.6 Å². The minimum atomic E-state index is -0.371. The molecule has 1 atom stereocenters. The van der Waals surface area contributed by atoms with Gasteiger partial charge >= 0.3 is 0 Å². The van der Waals surface area contributed by atoms with E-state index in [1.165, 1.54) is 9.58 Å². The molecule has 2 aromatic heterocycles. The van der Waals surface area contributed by atoms with Crippen molar-refractivity contribution in [3.05, 3.63) is 106 Å². The normalized spacial score (nSPS) is 16.0. The molecule has 1 aliphatic rings. The zero-order chi connectivity index (χ0) is 21.4. The number of amides is 1. The number of nitrogens with zero attached hydrogens (tertiary/aromatic N) is 3. The van der Waals surface area contributed by atoms with Gasteiger partial charge in [-0.3, -0.25) is 9.59 Å². The van der Waals surface area contributed by atoms with Crippen LogP contribution in [0.5, 0.6) is 0 Å². The van der Waals surface area contributed by atoms with E-state index in [1.807, 2.05) is 42.5 Å². The predicted molar refractivity (Wildman–Crippen MR) is 119 cm³/mol. The van der Waals surface area contributed by atoms with Crippen molar-refractivity contribution in [2.75, 3.05) is 0 Å². The first-order chi connectivity index (χ1) is 15.1. The van der Waals surface area contributed by atoms with Crippen molar-refractivity contribution in [2.24, 2.45) is 5.10 Å². The monoisotopic (exact) mass is 431 g/mol. The van der Waals surface area contributed by atoms with Gasteiger partial charge in [0.05, 0.1) is 12.0 Å². The number of pyridine rings is 1. The Labute approximate surface area is 183 Å². The first kappa shape index (κ1) is 19.3. The second-order valence-corrected chi connectivity index (χ2v) is 7.80. The number of furan rings is 1. The average molecular weight is 432 g/mol. The van der Waals surface area contributed by atoms with Crippen molar-refractivity contribution >= 4 is 34.0 Å². The third-order valence-electron chi connectivity index (χ3n) is 5.41. The molecule has 0 radical (unpaired) electrons. The fourth-order valence-corrected chi connectivity index (χ4v) is 3.96. The maximum Gasteiger partial charge on any atom is 0.263 e. The summed E-state index contributed by atoms with van der Waals surface area (Å²) in [4.78, 5) is 26.1. The van der Waals surface area contributed by atoms with Gasteiger partial charge in [-0.2, -0.15) is 5.10 Å². The first-order valence-corrected chi connectivity index (χ1v) is 10.2. The van der Waals surface area contributed by atoms with E-state index in [9.17, 15) is 9.59 Å². The molecular formula is C24H18ClN3O3. The molecule has 7 heteroatoms. The van der Waals surface area contributed by atoms with Gasteiger partial charge < -0.3 is 8.98 Å². The lowest BCUT2D eigenvalue weighted by Gasteiger charge is -2.20. The highest BCUT2D eigenvalue weighted by Crippen LogP contribution is 2.33.